The smallest absolute Gasteiger partial charge is 0.220 e. The number of aromatic nitrogens is 4. The lowest BCUT2D eigenvalue weighted by Crippen LogP contribution is -2.24. The Kier molecular flexibility index (Phi) is 5.48. The fraction of sp³-hybridized carbons (Fsp3) is 0.160. The highest BCUT2D eigenvalue weighted by molar-refractivity contribution is 5.91. The molecule has 0 fully saturated rings. The fourth-order valence-electron chi connectivity index (χ4n) is 4.00. The first-order valence-electron chi connectivity index (χ1n) is 10.6. The summed E-state index contributed by atoms with van der Waals surface area (Å²) in [5.41, 5.74) is 4.27. The first kappa shape index (κ1) is 20.7. The maximum absolute atomic E-state index is 14.0. The van der Waals surface area contributed by atoms with Gasteiger partial charge < -0.3 is 15.0 Å². The lowest BCUT2D eigenvalue weighted by molar-refractivity contribution is -0.121. The molecule has 2 N–H and O–H groups in total. The number of methoxy groups -OCH3 is 1. The highest BCUT2D eigenvalue weighted by Crippen LogP contribution is 2.32. The van der Waals surface area contributed by atoms with Gasteiger partial charge in [-0.2, -0.15) is 0 Å². The summed E-state index contributed by atoms with van der Waals surface area (Å²) in [7, 11) is 1.62. The van der Waals surface area contributed by atoms with Crippen LogP contribution in [-0.2, 0) is 17.8 Å². The van der Waals surface area contributed by atoms with E-state index in [4.69, 9.17) is 4.74 Å². The van der Waals surface area contributed by atoms with E-state index in [1.807, 2.05) is 53.1 Å². The van der Waals surface area contributed by atoms with E-state index in [1.165, 1.54) is 12.1 Å². The monoisotopic (exact) mass is 443 g/mol. The van der Waals surface area contributed by atoms with Gasteiger partial charge in [-0.05, 0) is 72.1 Å². The zero-order valence-corrected chi connectivity index (χ0v) is 18.0. The SMILES string of the molecule is COc1ccc(-c2[nH]c3ccc(F)cc3c2CCC(=O)NCc2nnc3ccccn23)cc1. The third kappa shape index (κ3) is 4.15. The number of fused-ring (bicyclic) bond motifs is 2. The van der Waals surface area contributed by atoms with Crippen LogP contribution in [0.1, 0.15) is 17.8 Å². The minimum atomic E-state index is -0.313. The largest absolute Gasteiger partial charge is 0.497 e. The molecule has 5 rings (SSSR count). The number of hydrogen-bond donors (Lipinski definition) is 2. The Labute approximate surface area is 189 Å². The minimum absolute atomic E-state index is 0.117. The third-order valence-corrected chi connectivity index (χ3v) is 5.68. The summed E-state index contributed by atoms with van der Waals surface area (Å²) in [5, 5.41) is 11.9. The summed E-state index contributed by atoms with van der Waals surface area (Å²) >= 11 is 0. The van der Waals surface area contributed by atoms with Crippen molar-refractivity contribution in [1.29, 1.82) is 0 Å². The number of halogens is 1. The van der Waals surface area contributed by atoms with Crippen molar-refractivity contribution >= 4 is 22.5 Å². The van der Waals surface area contributed by atoms with Gasteiger partial charge in [0.1, 0.15) is 11.6 Å². The second-order valence-electron chi connectivity index (χ2n) is 7.72. The van der Waals surface area contributed by atoms with Crippen molar-refractivity contribution in [3.05, 3.63) is 84.1 Å². The lowest BCUT2D eigenvalue weighted by atomic mass is 10.0. The molecule has 8 heteroatoms. The molecule has 0 saturated carbocycles. The number of amides is 1. The molecule has 33 heavy (non-hydrogen) atoms. The van der Waals surface area contributed by atoms with Gasteiger partial charge in [0.2, 0.25) is 5.91 Å². The number of rotatable bonds is 7. The zero-order valence-electron chi connectivity index (χ0n) is 18.0. The van der Waals surface area contributed by atoms with E-state index in [0.29, 0.717) is 12.2 Å². The van der Waals surface area contributed by atoms with E-state index < -0.39 is 0 Å². The Balaban J connectivity index is 1.36. The van der Waals surface area contributed by atoms with E-state index >= 15 is 0 Å². The molecule has 0 aliphatic heterocycles. The minimum Gasteiger partial charge on any atom is -0.497 e. The van der Waals surface area contributed by atoms with Crippen LogP contribution < -0.4 is 10.1 Å². The maximum atomic E-state index is 14.0. The number of aryl methyl sites for hydroxylation is 1. The number of H-pyrrole nitrogens is 1. The number of aromatic amines is 1. The van der Waals surface area contributed by atoms with Crippen LogP contribution in [0, 0.1) is 5.82 Å². The molecular weight excluding hydrogens is 421 g/mol. The number of benzene rings is 2. The van der Waals surface area contributed by atoms with Gasteiger partial charge in [0.05, 0.1) is 13.7 Å². The number of ether oxygens (including phenoxy) is 1. The quantitative estimate of drug-likeness (QED) is 0.393. The maximum Gasteiger partial charge on any atom is 0.220 e. The molecule has 0 unspecified atom stereocenters. The van der Waals surface area contributed by atoms with Gasteiger partial charge in [0.25, 0.3) is 0 Å². The van der Waals surface area contributed by atoms with E-state index in [9.17, 15) is 9.18 Å². The summed E-state index contributed by atoms with van der Waals surface area (Å²) in [6, 6.07) is 17.9. The Bertz CT molecular complexity index is 1440. The number of carbonyl (C=O) groups excluding carboxylic acids is 1. The van der Waals surface area contributed by atoms with Crippen molar-refractivity contribution in [2.45, 2.75) is 19.4 Å². The topological polar surface area (TPSA) is 84.3 Å². The molecule has 166 valence electrons. The van der Waals surface area contributed by atoms with E-state index in [0.717, 1.165) is 39.1 Å². The predicted molar refractivity (Wildman–Crippen MR) is 123 cm³/mol. The van der Waals surface area contributed by atoms with Gasteiger partial charge in [-0.3, -0.25) is 9.20 Å². The van der Waals surface area contributed by atoms with Crippen molar-refractivity contribution < 1.29 is 13.9 Å². The highest BCUT2D eigenvalue weighted by Gasteiger charge is 2.16. The normalized spacial score (nSPS) is 11.2. The zero-order chi connectivity index (χ0) is 22.8. The van der Waals surface area contributed by atoms with Crippen LogP contribution in [0.2, 0.25) is 0 Å². The van der Waals surface area contributed by atoms with Gasteiger partial charge in [0.15, 0.2) is 11.5 Å². The van der Waals surface area contributed by atoms with Crippen molar-refractivity contribution in [3.8, 4) is 17.0 Å². The molecule has 0 atom stereocenters. The van der Waals surface area contributed by atoms with E-state index in [-0.39, 0.29) is 24.7 Å². The summed E-state index contributed by atoms with van der Waals surface area (Å²) in [6.07, 6.45) is 2.57. The highest BCUT2D eigenvalue weighted by atomic mass is 19.1. The van der Waals surface area contributed by atoms with Crippen LogP contribution in [0.25, 0.3) is 27.8 Å². The Morgan fingerprint density at radius 2 is 1.97 bits per heavy atom. The van der Waals surface area contributed by atoms with E-state index in [2.05, 4.69) is 20.5 Å². The first-order chi connectivity index (χ1) is 16.1. The average Bonchev–Trinajstić information content (AvgIpc) is 3.42. The fourth-order valence-corrected chi connectivity index (χ4v) is 4.00. The van der Waals surface area contributed by atoms with Gasteiger partial charge in [-0.25, -0.2) is 4.39 Å². The van der Waals surface area contributed by atoms with Crippen molar-refractivity contribution in [2.24, 2.45) is 0 Å². The van der Waals surface area contributed by atoms with Crippen molar-refractivity contribution in [1.82, 2.24) is 24.9 Å². The number of hydrogen-bond acceptors (Lipinski definition) is 4. The predicted octanol–water partition coefficient (Wildman–Crippen LogP) is 4.27. The average molecular weight is 443 g/mol. The molecule has 7 nitrogen and oxygen atoms in total. The van der Waals surface area contributed by atoms with E-state index in [1.54, 1.807) is 13.2 Å². The molecule has 0 saturated heterocycles. The van der Waals surface area contributed by atoms with Gasteiger partial charge >= 0.3 is 0 Å². The molecule has 0 aliphatic rings. The second-order valence-corrected chi connectivity index (χ2v) is 7.72. The van der Waals surface area contributed by atoms with Gasteiger partial charge in [-0.15, -0.1) is 10.2 Å². The molecule has 0 radical (unpaired) electrons. The Hall–Kier alpha value is -4.20. The van der Waals surface area contributed by atoms with Crippen LogP contribution in [0.4, 0.5) is 4.39 Å². The number of nitrogens with zero attached hydrogens (tertiary/aromatic N) is 3. The number of nitrogens with one attached hydrogen (secondary N) is 2. The summed E-state index contributed by atoms with van der Waals surface area (Å²) < 4.78 is 21.1. The molecule has 3 heterocycles. The standard InChI is InChI=1S/C25H22FN5O2/c1-33-18-8-5-16(6-9-18)25-19(20-14-17(26)7-11-21(20)28-25)10-12-24(32)27-15-23-30-29-22-4-2-3-13-31(22)23/h2-9,11,13-14,28H,10,12,15H2,1H3,(H,27,32). The lowest BCUT2D eigenvalue weighted by Gasteiger charge is -2.08. The molecule has 2 aromatic carbocycles. The van der Waals surface area contributed by atoms with Crippen LogP contribution >= 0.6 is 0 Å². The summed E-state index contributed by atoms with van der Waals surface area (Å²) in [6.45, 7) is 0.276. The summed E-state index contributed by atoms with van der Waals surface area (Å²) in [4.78, 5) is 16.0. The number of pyridine rings is 1. The molecule has 3 aromatic heterocycles. The molecule has 0 spiro atoms. The Morgan fingerprint density at radius 1 is 1.12 bits per heavy atom. The molecular formula is C25H22FN5O2. The molecule has 5 aromatic rings. The van der Waals surface area contributed by atoms with Crippen LogP contribution in [0.5, 0.6) is 5.75 Å². The van der Waals surface area contributed by atoms with Crippen LogP contribution in [0.15, 0.2) is 66.9 Å². The van der Waals surface area contributed by atoms with Crippen molar-refractivity contribution in [2.75, 3.05) is 7.11 Å². The second kappa shape index (κ2) is 8.74. The molecule has 0 aliphatic carbocycles. The van der Waals surface area contributed by atoms with Crippen molar-refractivity contribution in [3.63, 3.8) is 0 Å². The third-order valence-electron chi connectivity index (χ3n) is 5.68. The van der Waals surface area contributed by atoms with Crippen LogP contribution in [0.3, 0.4) is 0 Å². The Morgan fingerprint density at radius 3 is 2.79 bits per heavy atom. The summed E-state index contributed by atoms with van der Waals surface area (Å²) in [5.74, 6) is 0.983. The number of carbonyl (C=O) groups is 1. The first-order valence-corrected chi connectivity index (χ1v) is 10.6. The van der Waals surface area contributed by atoms with Gasteiger partial charge in [0, 0.05) is 29.2 Å². The molecule has 0 bridgehead atoms. The van der Waals surface area contributed by atoms with Gasteiger partial charge in [-0.1, -0.05) is 6.07 Å². The van der Waals surface area contributed by atoms with Crippen LogP contribution in [-0.4, -0.2) is 32.6 Å². The molecule has 1 amide bonds.